The van der Waals surface area contributed by atoms with E-state index in [1.807, 2.05) is 6.07 Å². The molecule has 0 saturated carbocycles. The molecule has 0 N–H and O–H groups in total. The van der Waals surface area contributed by atoms with Crippen molar-refractivity contribution in [1.29, 1.82) is 0 Å². The lowest BCUT2D eigenvalue weighted by atomic mass is 10.2. The average Bonchev–Trinajstić information content (AvgIpc) is 2.81. The lowest BCUT2D eigenvalue weighted by Gasteiger charge is -1.98. The summed E-state index contributed by atoms with van der Waals surface area (Å²) in [6.45, 7) is 0. The number of rotatable bonds is 4. The molecule has 0 aliphatic rings. The van der Waals surface area contributed by atoms with E-state index in [4.69, 9.17) is 0 Å². The van der Waals surface area contributed by atoms with Crippen LogP contribution in [-0.4, -0.2) is 31.7 Å². The summed E-state index contributed by atoms with van der Waals surface area (Å²) in [4.78, 5) is 11.9. The number of carbonyl (C=O) groups excluding carboxylic acids is 1. The summed E-state index contributed by atoms with van der Waals surface area (Å²) in [5, 5.41) is 11.6. The van der Waals surface area contributed by atoms with E-state index in [-0.39, 0.29) is 5.78 Å². The largest absolute Gasteiger partial charge is 0.293 e. The number of hydrogen-bond acceptors (Lipinski definition) is 6. The molecule has 0 aliphatic carbocycles. The van der Waals surface area contributed by atoms with Crippen molar-refractivity contribution in [2.75, 3.05) is 5.75 Å². The molecule has 0 radical (unpaired) electrons. The number of aryl methyl sites for hydroxylation is 1. The molecule has 9 heteroatoms. The first-order valence-electron chi connectivity index (χ1n) is 4.41. The highest BCUT2D eigenvalue weighted by atomic mass is 79.9. The van der Waals surface area contributed by atoms with Gasteiger partial charge in [-0.15, -0.1) is 16.4 Å². The monoisotopic (exact) mass is 396 g/mol. The van der Waals surface area contributed by atoms with Crippen molar-refractivity contribution in [3.63, 3.8) is 0 Å². The van der Waals surface area contributed by atoms with Gasteiger partial charge in [0.2, 0.25) is 5.16 Å². The maximum Gasteiger partial charge on any atom is 0.209 e. The van der Waals surface area contributed by atoms with E-state index in [1.54, 1.807) is 7.05 Å². The Balaban J connectivity index is 2.03. The van der Waals surface area contributed by atoms with E-state index in [9.17, 15) is 4.79 Å². The van der Waals surface area contributed by atoms with Gasteiger partial charge in [-0.25, -0.2) is 4.68 Å². The smallest absolute Gasteiger partial charge is 0.209 e. The highest BCUT2D eigenvalue weighted by molar-refractivity contribution is 9.12. The molecule has 2 rings (SSSR count). The molecule has 0 bridgehead atoms. The van der Waals surface area contributed by atoms with E-state index in [0.717, 1.165) is 7.57 Å². The van der Waals surface area contributed by atoms with E-state index in [1.165, 1.54) is 27.8 Å². The van der Waals surface area contributed by atoms with Crippen LogP contribution in [0.15, 0.2) is 18.8 Å². The standard InChI is InChI=1S/C8H6Br2N4OS2/c1-14-8(11-12-13-14)16-3-5(15)4-2-6(9)17-7(4)10/h2H,3H2,1H3. The lowest BCUT2D eigenvalue weighted by Crippen LogP contribution is -2.03. The van der Waals surface area contributed by atoms with Crippen molar-refractivity contribution in [3.05, 3.63) is 19.2 Å². The van der Waals surface area contributed by atoms with Gasteiger partial charge in [-0.2, -0.15) is 0 Å². The maximum atomic E-state index is 11.9. The maximum absolute atomic E-state index is 11.9. The second-order valence-electron chi connectivity index (χ2n) is 3.03. The topological polar surface area (TPSA) is 60.7 Å². The number of halogens is 2. The molecule has 17 heavy (non-hydrogen) atoms. The normalized spacial score (nSPS) is 10.8. The first kappa shape index (κ1) is 13.2. The van der Waals surface area contributed by atoms with E-state index >= 15 is 0 Å². The molecule has 0 saturated heterocycles. The Kier molecular flexibility index (Phi) is 4.34. The Hall–Kier alpha value is -0.250. The fourth-order valence-corrected chi connectivity index (χ4v) is 4.67. The first-order chi connectivity index (χ1) is 8.08. The van der Waals surface area contributed by atoms with E-state index in [2.05, 4.69) is 47.4 Å². The Labute approximate surface area is 122 Å². The lowest BCUT2D eigenvalue weighted by molar-refractivity contribution is 0.102. The summed E-state index contributed by atoms with van der Waals surface area (Å²) >= 11 is 9.51. The molecular weight excluding hydrogens is 392 g/mol. The SMILES string of the molecule is Cn1nnnc1SCC(=O)c1cc(Br)sc1Br. The highest BCUT2D eigenvalue weighted by Gasteiger charge is 2.15. The van der Waals surface area contributed by atoms with Crippen LogP contribution in [0, 0.1) is 0 Å². The molecule has 2 aromatic heterocycles. The third kappa shape index (κ3) is 3.15. The summed E-state index contributed by atoms with van der Waals surface area (Å²) in [6, 6.07) is 1.81. The van der Waals surface area contributed by atoms with Gasteiger partial charge in [-0.1, -0.05) is 11.8 Å². The van der Waals surface area contributed by atoms with Gasteiger partial charge in [0.1, 0.15) is 0 Å². The molecule has 0 atom stereocenters. The number of thiophene rings is 1. The van der Waals surface area contributed by atoms with Gasteiger partial charge in [-0.05, 0) is 48.4 Å². The molecular formula is C8H6Br2N4OS2. The van der Waals surface area contributed by atoms with Gasteiger partial charge in [0.15, 0.2) is 5.78 Å². The van der Waals surface area contributed by atoms with Crippen molar-refractivity contribution < 1.29 is 4.79 Å². The molecule has 5 nitrogen and oxygen atoms in total. The molecule has 0 amide bonds. The summed E-state index contributed by atoms with van der Waals surface area (Å²) in [5.41, 5.74) is 0.685. The summed E-state index contributed by atoms with van der Waals surface area (Å²) in [6.07, 6.45) is 0. The van der Waals surface area contributed by atoms with Gasteiger partial charge in [-0.3, -0.25) is 4.79 Å². The first-order valence-corrected chi connectivity index (χ1v) is 7.80. The molecule has 90 valence electrons. The zero-order chi connectivity index (χ0) is 12.4. The Bertz CT molecular complexity index is 553. The summed E-state index contributed by atoms with van der Waals surface area (Å²) < 4.78 is 3.31. The van der Waals surface area contributed by atoms with Crippen molar-refractivity contribution in [2.24, 2.45) is 7.05 Å². The van der Waals surface area contributed by atoms with Gasteiger partial charge in [0.25, 0.3) is 0 Å². The van der Waals surface area contributed by atoms with Crippen molar-refractivity contribution >= 4 is 60.7 Å². The molecule has 2 aromatic rings. The minimum absolute atomic E-state index is 0.0480. The van der Waals surface area contributed by atoms with Crippen LogP contribution in [0.1, 0.15) is 10.4 Å². The number of ketones is 1. The average molecular weight is 398 g/mol. The number of Topliss-reactive ketones (excluding diaryl/α,β-unsaturated/α-hetero) is 1. The van der Waals surface area contributed by atoms with Crippen LogP contribution in [0.25, 0.3) is 0 Å². The molecule has 0 spiro atoms. The number of aromatic nitrogens is 4. The fraction of sp³-hybridized carbons (Fsp3) is 0.250. The Morgan fingerprint density at radius 1 is 1.59 bits per heavy atom. The van der Waals surface area contributed by atoms with Crippen LogP contribution >= 0.6 is 55.0 Å². The number of thioether (sulfide) groups is 1. The molecule has 0 fully saturated rings. The minimum Gasteiger partial charge on any atom is -0.293 e. The van der Waals surface area contributed by atoms with Crippen LogP contribution in [0.4, 0.5) is 0 Å². The van der Waals surface area contributed by atoms with Crippen molar-refractivity contribution in [2.45, 2.75) is 5.16 Å². The number of hydrogen-bond donors (Lipinski definition) is 0. The van der Waals surface area contributed by atoms with Crippen LogP contribution in [0.5, 0.6) is 0 Å². The zero-order valence-electron chi connectivity index (χ0n) is 8.55. The third-order valence-corrected chi connectivity index (χ3v) is 5.22. The second-order valence-corrected chi connectivity index (χ2v) is 7.73. The van der Waals surface area contributed by atoms with Gasteiger partial charge < -0.3 is 0 Å². The van der Waals surface area contributed by atoms with Gasteiger partial charge >= 0.3 is 0 Å². The second kappa shape index (κ2) is 5.59. The molecule has 0 aliphatic heterocycles. The predicted molar refractivity (Wildman–Crippen MR) is 73.6 cm³/mol. The van der Waals surface area contributed by atoms with E-state index < -0.39 is 0 Å². The van der Waals surface area contributed by atoms with E-state index in [0.29, 0.717) is 16.5 Å². The number of carbonyl (C=O) groups is 1. The summed E-state index contributed by atoms with van der Waals surface area (Å²) in [7, 11) is 1.74. The third-order valence-electron chi connectivity index (χ3n) is 1.87. The molecule has 0 unspecified atom stereocenters. The quantitative estimate of drug-likeness (QED) is 0.586. The Morgan fingerprint density at radius 2 is 2.35 bits per heavy atom. The van der Waals surface area contributed by atoms with Crippen LogP contribution in [0.3, 0.4) is 0 Å². The van der Waals surface area contributed by atoms with Crippen molar-refractivity contribution in [1.82, 2.24) is 20.2 Å². The molecule has 0 aromatic carbocycles. The van der Waals surface area contributed by atoms with Crippen molar-refractivity contribution in [3.8, 4) is 0 Å². The Morgan fingerprint density at radius 3 is 2.88 bits per heavy atom. The summed E-state index contributed by atoms with van der Waals surface area (Å²) in [5.74, 6) is 0.363. The predicted octanol–water partition coefficient (Wildman–Crippen LogP) is 2.77. The highest BCUT2D eigenvalue weighted by Crippen LogP contribution is 2.32. The van der Waals surface area contributed by atoms with Crippen LogP contribution in [0.2, 0.25) is 0 Å². The fourth-order valence-electron chi connectivity index (χ4n) is 1.08. The minimum atomic E-state index is 0.0480. The number of tetrazole rings is 1. The number of nitrogens with zero attached hydrogens (tertiary/aromatic N) is 4. The van der Waals surface area contributed by atoms with Gasteiger partial charge in [0, 0.05) is 12.6 Å². The van der Waals surface area contributed by atoms with Crippen LogP contribution < -0.4 is 0 Å². The zero-order valence-corrected chi connectivity index (χ0v) is 13.4. The molecule has 2 heterocycles. The van der Waals surface area contributed by atoms with Crippen LogP contribution in [-0.2, 0) is 7.05 Å². The van der Waals surface area contributed by atoms with Gasteiger partial charge in [0.05, 0.1) is 13.3 Å².